The average molecular weight is 379 g/mol. The van der Waals surface area contributed by atoms with Crippen molar-refractivity contribution in [2.45, 2.75) is 0 Å². The summed E-state index contributed by atoms with van der Waals surface area (Å²) in [5.74, 6) is -0.748. The van der Waals surface area contributed by atoms with Crippen LogP contribution >= 0.6 is 0 Å². The van der Waals surface area contributed by atoms with E-state index in [0.29, 0.717) is 30.2 Å². The highest BCUT2D eigenvalue weighted by molar-refractivity contribution is 6.10. The number of nitrogens with one attached hydrogen (secondary N) is 1. The number of morpholine rings is 1. The highest BCUT2D eigenvalue weighted by atomic mass is 16.5. The molecular formula is C21H21N3O4. The van der Waals surface area contributed by atoms with E-state index in [9.17, 15) is 9.59 Å². The number of benzene rings is 1. The minimum atomic E-state index is -0.641. The molecule has 2 heterocycles. The molecule has 1 fully saturated rings. The van der Waals surface area contributed by atoms with Gasteiger partial charge in [0.1, 0.15) is 0 Å². The van der Waals surface area contributed by atoms with Gasteiger partial charge in [0.2, 0.25) is 0 Å². The zero-order chi connectivity index (χ0) is 19.8. The summed E-state index contributed by atoms with van der Waals surface area (Å²) in [6, 6.07) is 12.8. The molecule has 1 saturated heterocycles. The van der Waals surface area contributed by atoms with Gasteiger partial charge in [0.15, 0.2) is 5.78 Å². The lowest BCUT2D eigenvalue weighted by Gasteiger charge is -2.30. The van der Waals surface area contributed by atoms with E-state index in [1.807, 2.05) is 24.3 Å². The maximum Gasteiger partial charge on any atom is 0.267 e. The molecule has 3 rings (SSSR count). The minimum absolute atomic E-state index is 0.107. The number of amides is 1. The Kier molecular flexibility index (Phi) is 6.67. The van der Waals surface area contributed by atoms with Crippen LogP contribution in [0.5, 0.6) is 0 Å². The van der Waals surface area contributed by atoms with Gasteiger partial charge in [0.25, 0.3) is 5.91 Å². The van der Waals surface area contributed by atoms with E-state index in [1.165, 1.54) is 23.7 Å². The van der Waals surface area contributed by atoms with Crippen LogP contribution in [0.4, 0.5) is 5.69 Å². The first-order chi connectivity index (χ1) is 13.7. The van der Waals surface area contributed by atoms with Crippen LogP contribution < -0.4 is 10.4 Å². The number of carbonyl (C=O) groups is 2. The van der Waals surface area contributed by atoms with Crippen molar-refractivity contribution < 1.29 is 19.5 Å². The Balaban J connectivity index is 1.76. The third kappa shape index (κ3) is 5.12. The number of hydroxylamine groups is 1. The lowest BCUT2D eigenvalue weighted by Crippen LogP contribution is -2.37. The van der Waals surface area contributed by atoms with Gasteiger partial charge in [-0.25, -0.2) is 10.5 Å². The third-order valence-corrected chi connectivity index (χ3v) is 4.23. The van der Waals surface area contributed by atoms with Crippen molar-refractivity contribution in [1.82, 2.24) is 10.5 Å². The van der Waals surface area contributed by atoms with Crippen LogP contribution in [0.1, 0.15) is 21.7 Å². The first-order valence-corrected chi connectivity index (χ1v) is 8.91. The number of aromatic nitrogens is 1. The number of allylic oxidation sites excluding steroid dienone is 1. The zero-order valence-electron chi connectivity index (χ0n) is 15.2. The molecule has 1 aliphatic heterocycles. The van der Waals surface area contributed by atoms with E-state index in [0.717, 1.165) is 18.8 Å². The van der Waals surface area contributed by atoms with E-state index < -0.39 is 5.91 Å². The molecule has 0 unspecified atom stereocenters. The van der Waals surface area contributed by atoms with Gasteiger partial charge in [0, 0.05) is 30.4 Å². The van der Waals surface area contributed by atoms with Gasteiger partial charge in [-0.1, -0.05) is 18.2 Å². The predicted molar refractivity (Wildman–Crippen MR) is 106 cm³/mol. The Bertz CT molecular complexity index is 902. The first kappa shape index (κ1) is 19.5. The zero-order valence-corrected chi connectivity index (χ0v) is 15.2. The summed E-state index contributed by atoms with van der Waals surface area (Å²) in [5.41, 5.74) is 4.18. The highest BCUT2D eigenvalue weighted by Gasteiger charge is 2.17. The normalized spacial score (nSPS) is 14.5. The molecule has 0 bridgehead atoms. The molecular weight excluding hydrogens is 358 g/mol. The van der Waals surface area contributed by atoms with Gasteiger partial charge >= 0.3 is 0 Å². The summed E-state index contributed by atoms with van der Waals surface area (Å²) in [5, 5.41) is 8.51. The topological polar surface area (TPSA) is 91.8 Å². The molecule has 1 aliphatic rings. The van der Waals surface area contributed by atoms with Gasteiger partial charge in [-0.05, 0) is 42.5 Å². The van der Waals surface area contributed by atoms with Gasteiger partial charge in [0.05, 0.1) is 24.6 Å². The van der Waals surface area contributed by atoms with E-state index in [-0.39, 0.29) is 5.78 Å². The van der Waals surface area contributed by atoms with Gasteiger partial charge in [-0.3, -0.25) is 14.8 Å². The lowest BCUT2D eigenvalue weighted by molar-refractivity contribution is -0.124. The van der Waals surface area contributed by atoms with Crippen LogP contribution in [0, 0.1) is 0 Å². The van der Waals surface area contributed by atoms with Crippen LogP contribution in [-0.4, -0.2) is 48.2 Å². The molecule has 1 amide bonds. The quantitative estimate of drug-likeness (QED) is 0.346. The molecule has 2 N–H and O–H groups in total. The fourth-order valence-electron chi connectivity index (χ4n) is 2.87. The van der Waals surface area contributed by atoms with Crippen LogP contribution in [0.15, 0.2) is 54.6 Å². The standard InChI is InChI=1S/C21H21N3O4/c25-20(18-6-1-2-7-19(18)24-12-14-28-15-13-24)10-8-16-4-3-5-17(22-16)9-11-21(26)23-27/h1-11,27H,12-15H2,(H,23,26)/b10-8+,11-9+. The number of carbonyl (C=O) groups excluding carboxylic acids is 2. The molecule has 1 aromatic heterocycles. The number of anilines is 1. The van der Waals surface area contributed by atoms with Crippen LogP contribution in [0.3, 0.4) is 0 Å². The third-order valence-electron chi connectivity index (χ3n) is 4.23. The highest BCUT2D eigenvalue weighted by Crippen LogP contribution is 2.22. The predicted octanol–water partition coefficient (Wildman–Crippen LogP) is 2.33. The number of nitrogens with zero attached hydrogens (tertiary/aromatic N) is 2. The van der Waals surface area contributed by atoms with Crippen molar-refractivity contribution in [3.8, 4) is 0 Å². The summed E-state index contributed by atoms with van der Waals surface area (Å²) in [7, 11) is 0. The minimum Gasteiger partial charge on any atom is -0.378 e. The van der Waals surface area contributed by atoms with Crippen molar-refractivity contribution in [1.29, 1.82) is 0 Å². The van der Waals surface area contributed by atoms with Crippen molar-refractivity contribution in [2.75, 3.05) is 31.2 Å². The number of hydrogen-bond donors (Lipinski definition) is 2. The van der Waals surface area contributed by atoms with E-state index in [2.05, 4.69) is 9.88 Å². The second kappa shape index (κ2) is 9.59. The summed E-state index contributed by atoms with van der Waals surface area (Å²) in [6.07, 6.45) is 5.77. The van der Waals surface area contributed by atoms with E-state index in [4.69, 9.17) is 9.94 Å². The Hall–Kier alpha value is -3.29. The molecule has 0 aliphatic carbocycles. The number of ether oxygens (including phenoxy) is 1. The Morgan fingerprint density at radius 1 is 1.00 bits per heavy atom. The molecule has 144 valence electrons. The molecule has 28 heavy (non-hydrogen) atoms. The van der Waals surface area contributed by atoms with Gasteiger partial charge < -0.3 is 9.64 Å². The van der Waals surface area contributed by atoms with Crippen LogP contribution in [-0.2, 0) is 9.53 Å². The number of ketones is 1. The number of rotatable bonds is 6. The lowest BCUT2D eigenvalue weighted by atomic mass is 10.1. The number of pyridine rings is 1. The molecule has 7 heteroatoms. The Morgan fingerprint density at radius 2 is 1.68 bits per heavy atom. The maximum atomic E-state index is 12.8. The summed E-state index contributed by atoms with van der Waals surface area (Å²) in [4.78, 5) is 30.3. The van der Waals surface area contributed by atoms with Crippen molar-refractivity contribution in [3.05, 3.63) is 71.6 Å². The fourth-order valence-corrected chi connectivity index (χ4v) is 2.87. The molecule has 7 nitrogen and oxygen atoms in total. The van der Waals surface area contributed by atoms with E-state index >= 15 is 0 Å². The molecule has 0 atom stereocenters. The monoisotopic (exact) mass is 379 g/mol. The summed E-state index contributed by atoms with van der Waals surface area (Å²) >= 11 is 0. The molecule has 2 aromatic rings. The summed E-state index contributed by atoms with van der Waals surface area (Å²) in [6.45, 7) is 2.81. The largest absolute Gasteiger partial charge is 0.378 e. The maximum absolute atomic E-state index is 12.8. The fraction of sp³-hybridized carbons (Fsp3) is 0.190. The van der Waals surface area contributed by atoms with Crippen molar-refractivity contribution in [3.63, 3.8) is 0 Å². The van der Waals surface area contributed by atoms with Crippen LogP contribution in [0.2, 0.25) is 0 Å². The summed E-state index contributed by atoms with van der Waals surface area (Å²) < 4.78 is 5.39. The SMILES string of the molecule is O=C(/C=C/c1cccc(/C=C/C(=O)c2ccccc2N2CCOCC2)n1)NO. The molecule has 0 spiro atoms. The second-order valence-electron chi connectivity index (χ2n) is 6.11. The molecule has 0 saturated carbocycles. The van der Waals surface area contributed by atoms with Gasteiger partial charge in [-0.2, -0.15) is 0 Å². The Morgan fingerprint density at radius 3 is 2.39 bits per heavy atom. The number of hydrogen-bond acceptors (Lipinski definition) is 6. The molecule has 0 radical (unpaired) electrons. The average Bonchev–Trinajstić information content (AvgIpc) is 2.76. The number of para-hydroxylation sites is 1. The second-order valence-corrected chi connectivity index (χ2v) is 6.11. The first-order valence-electron chi connectivity index (χ1n) is 8.91. The van der Waals surface area contributed by atoms with E-state index in [1.54, 1.807) is 24.3 Å². The van der Waals surface area contributed by atoms with Crippen molar-refractivity contribution in [2.24, 2.45) is 0 Å². The van der Waals surface area contributed by atoms with Crippen LogP contribution in [0.25, 0.3) is 12.2 Å². The van der Waals surface area contributed by atoms with Crippen molar-refractivity contribution >= 4 is 29.5 Å². The Labute approximate surface area is 162 Å². The smallest absolute Gasteiger partial charge is 0.267 e. The van der Waals surface area contributed by atoms with Gasteiger partial charge in [-0.15, -0.1) is 0 Å². The molecule has 1 aromatic carbocycles.